The van der Waals surface area contributed by atoms with Crippen molar-refractivity contribution in [2.24, 2.45) is 0 Å². The Morgan fingerprint density at radius 1 is 0.786 bits per heavy atom. The fourth-order valence-electron chi connectivity index (χ4n) is 5.82. The van der Waals surface area contributed by atoms with E-state index in [2.05, 4.69) is 141 Å². The number of hydrogen-bond donors (Lipinski definition) is 0. The van der Waals surface area contributed by atoms with Crippen LogP contribution in [0, 0.1) is 19.1 Å². The zero-order valence-corrected chi connectivity index (χ0v) is 26.6. The summed E-state index contributed by atoms with van der Waals surface area (Å²) in [5, 5.41) is 6.44. The summed E-state index contributed by atoms with van der Waals surface area (Å²) in [6, 6.07) is 39.6. The smallest absolute Gasteiger partial charge is 0.145 e. The predicted molar refractivity (Wildman–Crippen MR) is 168 cm³/mol. The van der Waals surface area contributed by atoms with Crippen LogP contribution in [0.15, 0.2) is 97.2 Å². The number of benzene rings is 4. The first kappa shape index (κ1) is 28.2. The predicted octanol–water partition coefficient (Wildman–Crippen LogP) is 8.62. The summed E-state index contributed by atoms with van der Waals surface area (Å²) in [6.45, 7) is 10.9. The number of fused-ring (bicyclic) bond motifs is 4. The van der Waals surface area contributed by atoms with Gasteiger partial charge in [0.1, 0.15) is 17.2 Å². The Morgan fingerprint density at radius 3 is 2.31 bits per heavy atom. The van der Waals surface area contributed by atoms with E-state index in [-0.39, 0.29) is 32.5 Å². The molecule has 0 unspecified atom stereocenters. The Bertz CT molecular complexity index is 1930. The molecule has 0 amide bonds. The summed E-state index contributed by atoms with van der Waals surface area (Å²) in [4.78, 5) is 9.70. The van der Waals surface area contributed by atoms with Crippen LogP contribution < -0.4 is 10.1 Å². The van der Waals surface area contributed by atoms with Gasteiger partial charge in [-0.15, -0.1) is 27.6 Å². The summed E-state index contributed by atoms with van der Waals surface area (Å²) in [5.74, 6) is 0.903. The third kappa shape index (κ3) is 4.52. The summed E-state index contributed by atoms with van der Waals surface area (Å²) < 4.78 is 2.23. The molecule has 6 heteroatoms. The fourth-order valence-corrected chi connectivity index (χ4v) is 5.82. The van der Waals surface area contributed by atoms with Crippen LogP contribution in [0.4, 0.5) is 17.1 Å². The molecule has 1 aliphatic rings. The van der Waals surface area contributed by atoms with Crippen LogP contribution in [-0.4, -0.2) is 20.5 Å². The Kier molecular flexibility index (Phi) is 7.20. The molecule has 0 saturated heterocycles. The maximum atomic E-state index is 4.96. The van der Waals surface area contributed by atoms with Gasteiger partial charge in [-0.05, 0) is 67.5 Å². The molecule has 0 fully saturated rings. The average Bonchev–Trinajstić information content (AvgIpc) is 3.53. The quantitative estimate of drug-likeness (QED) is 0.132. The van der Waals surface area contributed by atoms with Crippen molar-refractivity contribution < 1.29 is 26.0 Å². The SMILES string of the molecule is Cc1ccnc(-n2c3[c-]c(C(C)(C)c4[c-]c(N5[OH+]N(C(C)C)c6ccccc65)ccc4)ccc3c3ccccc32)c1.[Pt]. The minimum absolute atomic E-state index is 0. The molecule has 1 aliphatic heterocycles. The molecule has 42 heavy (non-hydrogen) atoms. The van der Waals surface area contributed by atoms with Gasteiger partial charge >= 0.3 is 0 Å². The van der Waals surface area contributed by atoms with Crippen LogP contribution in [0.3, 0.4) is 0 Å². The Morgan fingerprint density at radius 2 is 1.52 bits per heavy atom. The Labute approximate surface area is 261 Å². The Balaban J connectivity index is 0.00000316. The van der Waals surface area contributed by atoms with Gasteiger partial charge in [0, 0.05) is 38.5 Å². The van der Waals surface area contributed by atoms with Gasteiger partial charge in [-0.3, -0.25) is 0 Å². The number of nitrogens with zero attached hydrogens (tertiary/aromatic N) is 4. The number of hydroxylamine groups is 1. The number of rotatable bonds is 5. The first-order valence-electron chi connectivity index (χ1n) is 14.1. The van der Waals surface area contributed by atoms with Crippen LogP contribution in [0.25, 0.3) is 27.6 Å². The molecular weight excluding hydrogens is 700 g/mol. The first-order chi connectivity index (χ1) is 19.8. The van der Waals surface area contributed by atoms with E-state index in [0.717, 1.165) is 45.0 Å². The summed E-state index contributed by atoms with van der Waals surface area (Å²) >= 11 is 0. The average molecular weight is 733 g/mol. The van der Waals surface area contributed by atoms with Crippen LogP contribution in [0.5, 0.6) is 0 Å². The number of pyridine rings is 1. The van der Waals surface area contributed by atoms with Crippen molar-refractivity contribution in [3.05, 3.63) is 126 Å². The molecule has 2 aromatic heterocycles. The zero-order valence-electron chi connectivity index (χ0n) is 24.4. The molecular formula is C36H33N4OPt-. The van der Waals surface area contributed by atoms with Gasteiger partial charge in [-0.2, -0.15) is 46.4 Å². The summed E-state index contributed by atoms with van der Waals surface area (Å²) in [5.41, 5.74) is 8.25. The molecule has 0 spiro atoms. The second-order valence-electron chi connectivity index (χ2n) is 11.6. The van der Waals surface area contributed by atoms with E-state index < -0.39 is 0 Å². The van der Waals surface area contributed by atoms with E-state index in [1.54, 1.807) is 0 Å². The molecule has 214 valence electrons. The third-order valence-electron chi connectivity index (χ3n) is 8.10. The van der Waals surface area contributed by atoms with E-state index in [4.69, 9.17) is 9.92 Å². The van der Waals surface area contributed by atoms with Crippen LogP contribution >= 0.6 is 0 Å². The van der Waals surface area contributed by atoms with Crippen LogP contribution in [0.2, 0.25) is 0 Å². The van der Waals surface area contributed by atoms with Gasteiger partial charge in [-0.1, -0.05) is 49.7 Å². The topological polar surface area (TPSA) is 37.1 Å². The van der Waals surface area contributed by atoms with Crippen molar-refractivity contribution >= 4 is 38.9 Å². The standard InChI is InChI=1S/C36H32N4O.Pt/c1-24(2)39-32-15-8-9-16-33(32)40(41-39)28-12-10-11-26(22-28)36(4,5)27-17-18-30-29-13-6-7-14-31(29)38(34(30)23-27)35-21-25(3)19-20-37-35;/h6-21,24H,1-5H3;/q-2;/p+1. The molecule has 4 aromatic carbocycles. The maximum absolute atomic E-state index is 4.96. The second kappa shape index (κ2) is 10.7. The second-order valence-corrected chi connectivity index (χ2v) is 11.6. The van der Waals surface area contributed by atoms with E-state index in [1.807, 2.05) is 17.3 Å². The molecule has 0 atom stereocenters. The van der Waals surface area contributed by atoms with E-state index in [0.29, 0.717) is 0 Å². The maximum Gasteiger partial charge on any atom is 0.145 e. The van der Waals surface area contributed by atoms with Gasteiger partial charge in [0.15, 0.2) is 0 Å². The van der Waals surface area contributed by atoms with Gasteiger partial charge < -0.3 is 4.57 Å². The van der Waals surface area contributed by atoms with E-state index in [1.165, 1.54) is 16.3 Å². The van der Waals surface area contributed by atoms with Gasteiger partial charge in [0.25, 0.3) is 0 Å². The number of hydrogen-bond acceptors (Lipinski definition) is 3. The monoisotopic (exact) mass is 732 g/mol. The molecule has 5 nitrogen and oxygen atoms in total. The number of aryl methyl sites for hydroxylation is 1. The van der Waals surface area contributed by atoms with Crippen molar-refractivity contribution in [1.82, 2.24) is 9.55 Å². The number of aromatic nitrogens is 2. The molecule has 3 heterocycles. The van der Waals surface area contributed by atoms with Crippen LogP contribution in [0.1, 0.15) is 44.4 Å². The van der Waals surface area contributed by atoms with Gasteiger partial charge in [0.05, 0.1) is 6.04 Å². The minimum atomic E-state index is -0.359. The van der Waals surface area contributed by atoms with Crippen LogP contribution in [-0.2, 0) is 26.5 Å². The Hall–Kier alpha value is -3.92. The molecule has 0 bridgehead atoms. The van der Waals surface area contributed by atoms with Crippen molar-refractivity contribution in [1.29, 1.82) is 0 Å². The zero-order chi connectivity index (χ0) is 28.3. The van der Waals surface area contributed by atoms with E-state index in [9.17, 15) is 0 Å². The van der Waals surface area contributed by atoms with Gasteiger partial charge in [0.2, 0.25) is 0 Å². The molecule has 0 aliphatic carbocycles. The largest absolute Gasteiger partial charge is 0.319 e. The van der Waals surface area contributed by atoms with Crippen molar-refractivity contribution in [3.63, 3.8) is 0 Å². The van der Waals surface area contributed by atoms with Crippen molar-refractivity contribution in [2.45, 2.75) is 46.1 Å². The minimum Gasteiger partial charge on any atom is -0.319 e. The summed E-state index contributed by atoms with van der Waals surface area (Å²) in [7, 11) is 0. The normalized spacial score (nSPS) is 13.2. The number of para-hydroxylation sites is 3. The molecule has 0 saturated carbocycles. The fraction of sp³-hybridized carbons (Fsp3) is 0.194. The number of anilines is 3. The van der Waals surface area contributed by atoms with Crippen molar-refractivity contribution in [2.75, 3.05) is 10.1 Å². The third-order valence-corrected chi connectivity index (χ3v) is 8.10. The molecule has 7 rings (SSSR count). The molecule has 0 radical (unpaired) electrons. The van der Waals surface area contributed by atoms with Gasteiger partial charge in [-0.25, -0.2) is 4.98 Å². The summed E-state index contributed by atoms with van der Waals surface area (Å²) in [6.07, 6.45) is 1.88. The first-order valence-corrected chi connectivity index (χ1v) is 14.1. The van der Waals surface area contributed by atoms with Crippen molar-refractivity contribution in [3.8, 4) is 5.82 Å². The molecule has 6 aromatic rings. The van der Waals surface area contributed by atoms with E-state index >= 15 is 0 Å². The molecule has 1 N–H and O–H groups in total.